The van der Waals surface area contributed by atoms with Gasteiger partial charge in [-0.2, -0.15) is 0 Å². The molecule has 0 aromatic rings. The number of hydrogen-bond donors (Lipinski definition) is 0. The fourth-order valence-corrected chi connectivity index (χ4v) is 1.00. The van der Waals surface area contributed by atoms with E-state index in [2.05, 4.69) is 27.5 Å². The number of aldehydes is 1. The first kappa shape index (κ1) is 13.0. The van der Waals surface area contributed by atoms with Gasteiger partial charge in [-0.1, -0.05) is 28.9 Å². The molecule has 0 heterocycles. The van der Waals surface area contributed by atoms with Gasteiger partial charge in [0.2, 0.25) is 0 Å². The summed E-state index contributed by atoms with van der Waals surface area (Å²) in [6.45, 7) is 5.36. The highest BCUT2D eigenvalue weighted by atomic mass is 79.9. The second kappa shape index (κ2) is 7.38. The summed E-state index contributed by atoms with van der Waals surface area (Å²) in [7, 11) is 0. The van der Waals surface area contributed by atoms with Crippen LogP contribution in [0, 0.1) is 0 Å². The Morgan fingerprint density at radius 2 is 2.29 bits per heavy atom. The summed E-state index contributed by atoms with van der Waals surface area (Å²) >= 11 is 3.20. The lowest BCUT2D eigenvalue weighted by atomic mass is 10.2. The average Bonchev–Trinajstić information content (AvgIpc) is 2.21. The second-order valence-electron chi connectivity index (χ2n) is 2.40. The Kier molecular flexibility index (Phi) is 6.84. The molecule has 0 rings (SSSR count). The van der Waals surface area contributed by atoms with Gasteiger partial charge in [0.05, 0.1) is 5.71 Å². The third-order valence-corrected chi connectivity index (χ3v) is 2.00. The molecular weight excluding hydrogens is 246 g/mol. The molecular formula is C10H12BrNO2. The quantitative estimate of drug-likeness (QED) is 0.183. The summed E-state index contributed by atoms with van der Waals surface area (Å²) in [5.74, 6) is -0.245. The molecule has 0 saturated heterocycles. The Morgan fingerprint density at radius 3 is 2.71 bits per heavy atom. The average molecular weight is 258 g/mol. The number of rotatable bonds is 6. The first-order valence-corrected chi connectivity index (χ1v) is 5.06. The fraction of sp³-hybridized carbons (Fsp3) is 0.300. The van der Waals surface area contributed by atoms with Gasteiger partial charge in [-0.15, -0.1) is 6.58 Å². The number of alkyl halides is 1. The van der Waals surface area contributed by atoms with Crippen LogP contribution in [0.2, 0.25) is 0 Å². The molecule has 3 nitrogen and oxygen atoms in total. The third kappa shape index (κ3) is 4.87. The van der Waals surface area contributed by atoms with Crippen molar-refractivity contribution in [1.82, 2.24) is 0 Å². The first-order chi connectivity index (χ1) is 6.65. The molecule has 4 heteroatoms. The summed E-state index contributed by atoms with van der Waals surface area (Å²) in [5, 5.41) is 0. The largest absolute Gasteiger partial charge is 0.299 e. The standard InChI is InChI=1S/C10H12BrNO2/c1-3-8(12-10(11)4-2)9(14)6-5-7-13/h4-7,10H,2-3H2,1H3. The molecule has 0 aromatic carbocycles. The lowest BCUT2D eigenvalue weighted by molar-refractivity contribution is -0.109. The van der Waals surface area contributed by atoms with Gasteiger partial charge in [0.15, 0.2) is 5.78 Å². The number of halogens is 1. The van der Waals surface area contributed by atoms with E-state index in [1.807, 2.05) is 6.92 Å². The smallest absolute Gasteiger partial charge is 0.199 e. The van der Waals surface area contributed by atoms with Crippen molar-refractivity contribution in [1.29, 1.82) is 0 Å². The van der Waals surface area contributed by atoms with E-state index in [4.69, 9.17) is 0 Å². The minimum Gasteiger partial charge on any atom is -0.299 e. The van der Waals surface area contributed by atoms with E-state index in [1.165, 1.54) is 6.08 Å². The van der Waals surface area contributed by atoms with Crippen LogP contribution in [0.15, 0.2) is 29.8 Å². The number of aliphatic imine (C=N–C) groups is 1. The Hall–Kier alpha value is -1.03. The van der Waals surface area contributed by atoms with Crippen LogP contribution in [0.25, 0.3) is 0 Å². The number of hydrogen-bond acceptors (Lipinski definition) is 3. The molecule has 76 valence electrons. The molecule has 0 aromatic heterocycles. The van der Waals surface area contributed by atoms with Crippen LogP contribution in [0.4, 0.5) is 0 Å². The Bertz CT molecular complexity index is 282. The number of allylic oxidation sites excluding steroid dienone is 2. The molecule has 0 N–H and O–H groups in total. The van der Waals surface area contributed by atoms with Gasteiger partial charge >= 0.3 is 0 Å². The normalized spacial score (nSPS) is 14.0. The van der Waals surface area contributed by atoms with Crippen LogP contribution < -0.4 is 0 Å². The molecule has 1 atom stereocenters. The fourth-order valence-electron chi connectivity index (χ4n) is 0.754. The Balaban J connectivity index is 4.62. The monoisotopic (exact) mass is 257 g/mol. The van der Waals surface area contributed by atoms with Crippen LogP contribution >= 0.6 is 15.9 Å². The van der Waals surface area contributed by atoms with Gasteiger partial charge in [-0.25, -0.2) is 0 Å². The molecule has 0 spiro atoms. The highest BCUT2D eigenvalue weighted by Crippen LogP contribution is 2.04. The molecule has 14 heavy (non-hydrogen) atoms. The van der Waals surface area contributed by atoms with Crippen molar-refractivity contribution in [2.45, 2.75) is 18.3 Å². The Labute approximate surface area is 91.7 Å². The molecule has 0 aliphatic carbocycles. The van der Waals surface area contributed by atoms with Gasteiger partial charge in [0.1, 0.15) is 11.2 Å². The van der Waals surface area contributed by atoms with Crippen molar-refractivity contribution in [2.24, 2.45) is 4.99 Å². The molecule has 0 saturated carbocycles. The van der Waals surface area contributed by atoms with Gasteiger partial charge in [0, 0.05) is 0 Å². The van der Waals surface area contributed by atoms with Gasteiger partial charge < -0.3 is 0 Å². The van der Waals surface area contributed by atoms with E-state index in [9.17, 15) is 9.59 Å². The summed E-state index contributed by atoms with van der Waals surface area (Å²) in [5.41, 5.74) is 0.421. The van der Waals surface area contributed by atoms with E-state index < -0.39 is 0 Å². The van der Waals surface area contributed by atoms with Crippen molar-refractivity contribution in [3.8, 4) is 0 Å². The van der Waals surface area contributed by atoms with Gasteiger partial charge in [-0.3, -0.25) is 14.6 Å². The van der Waals surface area contributed by atoms with E-state index in [0.717, 1.165) is 6.08 Å². The summed E-state index contributed by atoms with van der Waals surface area (Å²) < 4.78 is 0. The van der Waals surface area contributed by atoms with Crippen LogP contribution in [0.5, 0.6) is 0 Å². The van der Waals surface area contributed by atoms with Crippen molar-refractivity contribution in [3.05, 3.63) is 24.8 Å². The van der Waals surface area contributed by atoms with E-state index in [0.29, 0.717) is 18.4 Å². The predicted molar refractivity (Wildman–Crippen MR) is 60.8 cm³/mol. The first-order valence-electron chi connectivity index (χ1n) is 4.15. The molecule has 0 bridgehead atoms. The van der Waals surface area contributed by atoms with E-state index in [1.54, 1.807) is 6.08 Å². The molecule has 0 aliphatic heterocycles. The van der Waals surface area contributed by atoms with Crippen molar-refractivity contribution < 1.29 is 9.59 Å². The number of ketones is 1. The van der Waals surface area contributed by atoms with Crippen molar-refractivity contribution in [3.63, 3.8) is 0 Å². The summed E-state index contributed by atoms with van der Waals surface area (Å²) in [4.78, 5) is 25.2. The van der Waals surface area contributed by atoms with Gasteiger partial charge in [-0.05, 0) is 18.6 Å². The predicted octanol–water partition coefficient (Wildman–Crippen LogP) is 2.07. The number of nitrogens with zero attached hydrogens (tertiary/aromatic N) is 1. The van der Waals surface area contributed by atoms with Crippen LogP contribution in [0.3, 0.4) is 0 Å². The maximum absolute atomic E-state index is 11.4. The van der Waals surface area contributed by atoms with Crippen LogP contribution in [0.1, 0.15) is 13.3 Å². The number of carbonyl (C=O) groups excluding carboxylic acids is 2. The maximum Gasteiger partial charge on any atom is 0.199 e. The zero-order chi connectivity index (χ0) is 11.0. The highest BCUT2D eigenvalue weighted by Gasteiger charge is 2.06. The maximum atomic E-state index is 11.4. The zero-order valence-corrected chi connectivity index (χ0v) is 9.53. The third-order valence-electron chi connectivity index (χ3n) is 1.42. The lowest BCUT2D eigenvalue weighted by Crippen LogP contribution is -2.12. The SMILES string of the molecule is C=CC(Br)N=C(CC)C(=O)C=CC=O. The lowest BCUT2D eigenvalue weighted by Gasteiger charge is -2.01. The second-order valence-corrected chi connectivity index (χ2v) is 3.34. The topological polar surface area (TPSA) is 46.5 Å². The molecule has 0 fully saturated rings. The Morgan fingerprint density at radius 1 is 1.64 bits per heavy atom. The van der Waals surface area contributed by atoms with Crippen LogP contribution in [-0.4, -0.2) is 22.7 Å². The van der Waals surface area contributed by atoms with Crippen molar-refractivity contribution >= 4 is 33.7 Å². The zero-order valence-electron chi connectivity index (χ0n) is 7.94. The molecule has 0 aliphatic rings. The summed E-state index contributed by atoms with van der Waals surface area (Å²) in [6.07, 6.45) is 5.03. The van der Waals surface area contributed by atoms with Gasteiger partial charge in [0.25, 0.3) is 0 Å². The van der Waals surface area contributed by atoms with E-state index >= 15 is 0 Å². The molecule has 0 radical (unpaired) electrons. The van der Waals surface area contributed by atoms with Crippen molar-refractivity contribution in [2.75, 3.05) is 0 Å². The minimum absolute atomic E-state index is 0.245. The number of carbonyl (C=O) groups is 2. The van der Waals surface area contributed by atoms with E-state index in [-0.39, 0.29) is 10.7 Å². The highest BCUT2D eigenvalue weighted by molar-refractivity contribution is 9.09. The minimum atomic E-state index is -0.258. The molecule has 1 unspecified atom stereocenters. The van der Waals surface area contributed by atoms with Crippen LogP contribution in [-0.2, 0) is 9.59 Å². The molecule has 0 amide bonds. The summed E-state index contributed by atoms with van der Waals surface area (Å²) in [6, 6.07) is 0.